The van der Waals surface area contributed by atoms with E-state index in [4.69, 9.17) is 0 Å². The quantitative estimate of drug-likeness (QED) is 0.828. The zero-order valence-corrected chi connectivity index (χ0v) is 15.9. The maximum Gasteiger partial charge on any atom is 0.127 e. The van der Waals surface area contributed by atoms with Gasteiger partial charge in [0.15, 0.2) is 0 Å². The minimum Gasteiger partial charge on any atom is -0.328 e. The molecule has 0 spiro atoms. The molecule has 0 amide bonds. The Balaban J connectivity index is 1.77. The van der Waals surface area contributed by atoms with E-state index in [2.05, 4.69) is 32.2 Å². The molecule has 0 radical (unpaired) electrons. The summed E-state index contributed by atoms with van der Waals surface area (Å²) in [6.07, 6.45) is 2.08. The van der Waals surface area contributed by atoms with Crippen molar-refractivity contribution in [2.45, 2.75) is 35.6 Å². The molecule has 2 aromatic rings. The molecule has 2 N–H and O–H groups in total. The highest BCUT2D eigenvalue weighted by atomic mass is 32.2. The molecule has 4 rings (SSSR count). The van der Waals surface area contributed by atoms with Gasteiger partial charge >= 0.3 is 0 Å². The molecule has 1 saturated heterocycles. The van der Waals surface area contributed by atoms with Crippen molar-refractivity contribution < 1.29 is 14.2 Å². The molecule has 0 saturated carbocycles. The van der Waals surface area contributed by atoms with Crippen LogP contribution in [0, 0.1) is 5.82 Å². The van der Waals surface area contributed by atoms with Crippen molar-refractivity contribution in [1.82, 2.24) is 0 Å². The molecule has 0 aromatic heterocycles. The number of aryl methyl sites for hydroxylation is 1. The molecule has 2 aromatic carbocycles. The van der Waals surface area contributed by atoms with E-state index in [-0.39, 0.29) is 5.82 Å². The van der Waals surface area contributed by atoms with Crippen LogP contribution in [-0.2, 0) is 12.8 Å². The van der Waals surface area contributed by atoms with Crippen LogP contribution in [0.2, 0.25) is 0 Å². The minimum atomic E-state index is -0.132. The molecule has 4 heteroatoms. The molecule has 2 nitrogen and oxygen atoms in total. The third kappa shape index (κ3) is 3.48. The Morgan fingerprint density at radius 2 is 1.84 bits per heavy atom. The fourth-order valence-corrected chi connectivity index (χ4v) is 5.28. The lowest BCUT2D eigenvalue weighted by atomic mass is 9.95. The van der Waals surface area contributed by atoms with E-state index in [1.807, 2.05) is 6.07 Å². The number of quaternary nitrogens is 2. The number of likely N-dealkylation sites (N-methyl/N-ethyl adjacent to an activating group) is 1. The lowest BCUT2D eigenvalue weighted by Crippen LogP contribution is -3.27. The van der Waals surface area contributed by atoms with Gasteiger partial charge in [-0.25, -0.2) is 4.39 Å². The Morgan fingerprint density at radius 3 is 2.60 bits per heavy atom. The number of halogens is 1. The van der Waals surface area contributed by atoms with Gasteiger partial charge in [0.25, 0.3) is 0 Å². The van der Waals surface area contributed by atoms with E-state index in [1.165, 1.54) is 47.8 Å². The topological polar surface area (TPSA) is 8.88 Å². The minimum absolute atomic E-state index is 0.132. The predicted octanol–water partition coefficient (Wildman–Crippen LogP) is 1.55. The molecule has 25 heavy (non-hydrogen) atoms. The fraction of sp³-hybridized carbons (Fsp3) is 0.429. The number of benzene rings is 2. The molecule has 1 fully saturated rings. The van der Waals surface area contributed by atoms with Crippen molar-refractivity contribution in [2.75, 3.05) is 33.2 Å². The van der Waals surface area contributed by atoms with Gasteiger partial charge < -0.3 is 9.80 Å². The molecule has 0 unspecified atom stereocenters. The largest absolute Gasteiger partial charge is 0.328 e. The monoisotopic (exact) mass is 358 g/mol. The van der Waals surface area contributed by atoms with Crippen LogP contribution in [0.25, 0.3) is 0 Å². The molecule has 2 heterocycles. The van der Waals surface area contributed by atoms with Gasteiger partial charge in [-0.05, 0) is 41.8 Å². The van der Waals surface area contributed by atoms with Crippen LogP contribution in [0.3, 0.4) is 0 Å². The van der Waals surface area contributed by atoms with Crippen LogP contribution < -0.4 is 9.80 Å². The first-order chi connectivity index (χ1) is 12.1. The Labute approximate surface area is 154 Å². The van der Waals surface area contributed by atoms with Crippen molar-refractivity contribution in [3.8, 4) is 0 Å². The Bertz CT molecular complexity index is 768. The summed E-state index contributed by atoms with van der Waals surface area (Å²) in [5, 5.41) is 0. The van der Waals surface area contributed by atoms with Crippen LogP contribution in [-0.4, -0.2) is 33.2 Å². The van der Waals surface area contributed by atoms with Crippen LogP contribution in [0.1, 0.15) is 29.7 Å². The van der Waals surface area contributed by atoms with E-state index in [0.29, 0.717) is 6.04 Å². The van der Waals surface area contributed by atoms with Gasteiger partial charge in [0.1, 0.15) is 38.0 Å². The normalized spacial score (nSPS) is 25.8. The maximum absolute atomic E-state index is 13.8. The summed E-state index contributed by atoms with van der Waals surface area (Å²) in [5.74, 6) is -0.132. The second kappa shape index (κ2) is 7.10. The summed E-state index contributed by atoms with van der Waals surface area (Å²) < 4.78 is 13.8. The van der Waals surface area contributed by atoms with Crippen molar-refractivity contribution >= 4 is 11.8 Å². The first-order valence-electron chi connectivity index (χ1n) is 9.39. The smallest absolute Gasteiger partial charge is 0.127 e. The highest BCUT2D eigenvalue weighted by Crippen LogP contribution is 2.40. The average molecular weight is 359 g/mol. The second-order valence-electron chi connectivity index (χ2n) is 7.45. The lowest BCUT2D eigenvalue weighted by Gasteiger charge is -2.33. The van der Waals surface area contributed by atoms with Crippen LogP contribution in [0.15, 0.2) is 46.2 Å². The van der Waals surface area contributed by atoms with E-state index >= 15 is 0 Å². The zero-order valence-electron chi connectivity index (χ0n) is 15.1. The predicted molar refractivity (Wildman–Crippen MR) is 100 cm³/mol. The van der Waals surface area contributed by atoms with Crippen molar-refractivity contribution in [3.63, 3.8) is 0 Å². The Morgan fingerprint density at radius 1 is 1.04 bits per heavy atom. The molecule has 0 bridgehead atoms. The summed E-state index contributed by atoms with van der Waals surface area (Å²) in [5.41, 5.74) is 4.17. The van der Waals surface area contributed by atoms with E-state index in [1.54, 1.807) is 33.7 Å². The summed E-state index contributed by atoms with van der Waals surface area (Å²) in [7, 11) is 2.29. The first-order valence-corrected chi connectivity index (χ1v) is 10.2. The third-order valence-electron chi connectivity index (χ3n) is 5.77. The summed E-state index contributed by atoms with van der Waals surface area (Å²) in [6.45, 7) is 7.12. The van der Waals surface area contributed by atoms with E-state index < -0.39 is 0 Å². The van der Waals surface area contributed by atoms with Gasteiger partial charge in [-0.3, -0.25) is 0 Å². The Kier molecular flexibility index (Phi) is 4.85. The average Bonchev–Trinajstić information content (AvgIpc) is 2.78. The summed E-state index contributed by atoms with van der Waals surface area (Å²) in [4.78, 5) is 5.73. The summed E-state index contributed by atoms with van der Waals surface area (Å²) in [6, 6.07) is 12.7. The summed E-state index contributed by atoms with van der Waals surface area (Å²) >= 11 is 1.75. The number of hydrogen-bond donors (Lipinski definition) is 2. The Hall–Kier alpha value is -1.36. The van der Waals surface area contributed by atoms with Crippen molar-refractivity contribution in [3.05, 3.63) is 58.9 Å². The van der Waals surface area contributed by atoms with Gasteiger partial charge in [0.05, 0.1) is 7.05 Å². The van der Waals surface area contributed by atoms with Gasteiger partial charge in [-0.15, -0.1) is 0 Å². The second-order valence-corrected chi connectivity index (χ2v) is 8.54. The van der Waals surface area contributed by atoms with Crippen LogP contribution >= 0.6 is 11.8 Å². The van der Waals surface area contributed by atoms with E-state index in [9.17, 15) is 4.39 Å². The van der Waals surface area contributed by atoms with Gasteiger partial charge in [0.2, 0.25) is 0 Å². The highest BCUT2D eigenvalue weighted by molar-refractivity contribution is 7.99. The number of nitrogens with one attached hydrogen (secondary N) is 2. The standard InChI is InChI=1S/C21H25FN2S/c1-3-15-4-7-20-18(12-15)19(24-10-8-23(2)9-11-24)13-16-5-6-17(22)14-21(16)25-20/h4-7,12,14,19H,3,8-11,13H2,1-2H3/p+2/t19-/m1/s1. The van der Waals surface area contributed by atoms with Crippen molar-refractivity contribution in [1.29, 1.82) is 0 Å². The van der Waals surface area contributed by atoms with Gasteiger partial charge in [-0.1, -0.05) is 30.8 Å². The number of piperazine rings is 1. The number of hydrogen-bond acceptors (Lipinski definition) is 1. The molecule has 1 atom stereocenters. The fourth-order valence-electron chi connectivity index (χ4n) is 4.13. The molecular formula is C21H27FN2S+2. The molecule has 2 aliphatic rings. The molecule has 2 aliphatic heterocycles. The van der Waals surface area contributed by atoms with Gasteiger partial charge in [0, 0.05) is 21.8 Å². The van der Waals surface area contributed by atoms with Gasteiger partial charge in [-0.2, -0.15) is 0 Å². The molecule has 0 aliphatic carbocycles. The molecule has 132 valence electrons. The zero-order chi connectivity index (χ0) is 17.4. The first kappa shape index (κ1) is 17.1. The number of fused-ring (bicyclic) bond motifs is 2. The van der Waals surface area contributed by atoms with E-state index in [0.717, 1.165) is 17.7 Å². The number of rotatable bonds is 2. The van der Waals surface area contributed by atoms with Crippen LogP contribution in [0.5, 0.6) is 0 Å². The SMILES string of the molecule is CCc1ccc2c(c1)[C@H]([NH+]1CC[NH+](C)CC1)Cc1ccc(F)cc1S2. The highest BCUT2D eigenvalue weighted by Gasteiger charge is 2.33. The van der Waals surface area contributed by atoms with Crippen LogP contribution in [0.4, 0.5) is 4.39 Å². The maximum atomic E-state index is 13.8. The lowest BCUT2D eigenvalue weighted by molar-refractivity contribution is -1.02. The van der Waals surface area contributed by atoms with Crippen molar-refractivity contribution in [2.24, 2.45) is 0 Å². The molecular weight excluding hydrogens is 331 g/mol. The third-order valence-corrected chi connectivity index (χ3v) is 6.96.